The Bertz CT molecular complexity index is 604. The van der Waals surface area contributed by atoms with Gasteiger partial charge in [-0.3, -0.25) is 14.9 Å². The third-order valence-electron chi connectivity index (χ3n) is 3.67. The number of amides is 1. The van der Waals surface area contributed by atoms with E-state index in [1.165, 1.54) is 17.0 Å². The van der Waals surface area contributed by atoms with Gasteiger partial charge in [0.05, 0.1) is 18.1 Å². The molecule has 1 atom stereocenters. The molecule has 1 amide bonds. The number of nitrogens with zero attached hydrogens (tertiary/aromatic N) is 2. The molecule has 1 unspecified atom stereocenters. The maximum Gasteiger partial charge on any atom is 0.334 e. The zero-order chi connectivity index (χ0) is 17.5. The van der Waals surface area contributed by atoms with E-state index in [1.807, 2.05) is 0 Å². The monoisotopic (exact) mass is 337 g/mol. The van der Waals surface area contributed by atoms with Crippen LogP contribution in [0.4, 0.5) is 11.4 Å². The second kappa shape index (κ2) is 8.25. The molecule has 1 saturated heterocycles. The van der Waals surface area contributed by atoms with Gasteiger partial charge in [0.15, 0.2) is 6.10 Å². The lowest BCUT2D eigenvalue weighted by molar-refractivity contribution is -0.384. The highest BCUT2D eigenvalue weighted by Crippen LogP contribution is 2.15. The van der Waals surface area contributed by atoms with Crippen molar-refractivity contribution in [1.82, 2.24) is 4.90 Å². The quantitative estimate of drug-likeness (QED) is 0.434. The molecule has 9 heteroatoms. The van der Waals surface area contributed by atoms with Crippen molar-refractivity contribution < 1.29 is 24.4 Å². The van der Waals surface area contributed by atoms with E-state index in [1.54, 1.807) is 12.1 Å². The Labute approximate surface area is 138 Å². The molecule has 1 aliphatic rings. The largest absolute Gasteiger partial charge is 0.479 e. The average molecular weight is 337 g/mol. The molecule has 2 N–H and O–H groups in total. The molecule has 1 aromatic carbocycles. The number of non-ortho nitro benzene ring substituents is 1. The highest BCUT2D eigenvalue weighted by molar-refractivity contribution is 5.78. The van der Waals surface area contributed by atoms with Crippen molar-refractivity contribution in [3.8, 4) is 0 Å². The van der Waals surface area contributed by atoms with Gasteiger partial charge >= 0.3 is 5.97 Å². The van der Waals surface area contributed by atoms with Crippen molar-refractivity contribution in [2.24, 2.45) is 0 Å². The third kappa shape index (κ3) is 4.92. The van der Waals surface area contributed by atoms with Crippen LogP contribution in [0.1, 0.15) is 12.8 Å². The summed E-state index contributed by atoms with van der Waals surface area (Å²) in [5.41, 5.74) is 0.765. The Balaban J connectivity index is 1.70. The van der Waals surface area contributed by atoms with E-state index in [-0.39, 0.29) is 24.7 Å². The topological polar surface area (TPSA) is 122 Å². The number of hydrogen-bond acceptors (Lipinski definition) is 6. The number of carboxylic acid groups (broad SMARTS) is 1. The lowest BCUT2D eigenvalue weighted by atomic mass is 10.2. The second-order valence-electron chi connectivity index (χ2n) is 5.37. The lowest BCUT2D eigenvalue weighted by Gasteiger charge is -2.31. The van der Waals surface area contributed by atoms with Gasteiger partial charge in [-0.15, -0.1) is 0 Å². The highest BCUT2D eigenvalue weighted by atomic mass is 16.6. The number of benzene rings is 1. The van der Waals surface area contributed by atoms with E-state index in [4.69, 9.17) is 9.84 Å². The van der Waals surface area contributed by atoms with Crippen LogP contribution in [-0.2, 0) is 14.3 Å². The fourth-order valence-corrected chi connectivity index (χ4v) is 2.36. The number of hydrogen-bond donors (Lipinski definition) is 2. The van der Waals surface area contributed by atoms with Crippen LogP contribution >= 0.6 is 0 Å². The number of morpholine rings is 1. The highest BCUT2D eigenvalue weighted by Gasteiger charge is 2.28. The average Bonchev–Trinajstić information content (AvgIpc) is 2.59. The number of ether oxygens (including phenoxy) is 1. The number of carbonyl (C=O) groups excluding carboxylic acids is 1. The molecule has 0 bridgehead atoms. The van der Waals surface area contributed by atoms with Gasteiger partial charge in [0, 0.05) is 37.3 Å². The minimum absolute atomic E-state index is 0.0241. The van der Waals surface area contributed by atoms with Crippen molar-refractivity contribution in [1.29, 1.82) is 0 Å². The van der Waals surface area contributed by atoms with Crippen molar-refractivity contribution in [3.05, 3.63) is 34.4 Å². The van der Waals surface area contributed by atoms with Gasteiger partial charge < -0.3 is 20.1 Å². The van der Waals surface area contributed by atoms with Crippen LogP contribution in [0.25, 0.3) is 0 Å². The lowest BCUT2D eigenvalue weighted by Crippen LogP contribution is -2.48. The van der Waals surface area contributed by atoms with Crippen LogP contribution in [0.3, 0.4) is 0 Å². The molecule has 1 heterocycles. The molecule has 24 heavy (non-hydrogen) atoms. The van der Waals surface area contributed by atoms with Crippen LogP contribution in [0.2, 0.25) is 0 Å². The summed E-state index contributed by atoms with van der Waals surface area (Å²) >= 11 is 0. The molecule has 0 aliphatic carbocycles. The summed E-state index contributed by atoms with van der Waals surface area (Å²) in [4.78, 5) is 34.6. The third-order valence-corrected chi connectivity index (χ3v) is 3.67. The molecule has 0 saturated carbocycles. The first kappa shape index (κ1) is 17.7. The molecular weight excluding hydrogens is 318 g/mol. The number of aliphatic carboxylic acids is 1. The normalized spacial score (nSPS) is 17.3. The first-order valence-corrected chi connectivity index (χ1v) is 7.58. The first-order chi connectivity index (χ1) is 11.5. The van der Waals surface area contributed by atoms with Crippen LogP contribution < -0.4 is 5.32 Å². The van der Waals surface area contributed by atoms with Crippen molar-refractivity contribution in [2.45, 2.75) is 18.9 Å². The van der Waals surface area contributed by atoms with Gasteiger partial charge in [-0.05, 0) is 18.6 Å². The summed E-state index contributed by atoms with van der Waals surface area (Å²) in [6, 6.07) is 6.04. The Kier molecular flexibility index (Phi) is 6.07. The standard InChI is InChI=1S/C15H19N3O6/c19-14(17-8-9-24-13(10-17)15(20)21)2-1-7-16-11-3-5-12(6-4-11)18(22)23/h3-6,13,16H,1-2,7-10H2,(H,20,21). The van der Waals surface area contributed by atoms with E-state index < -0.39 is 17.0 Å². The minimum atomic E-state index is -1.06. The predicted molar refractivity (Wildman–Crippen MR) is 84.8 cm³/mol. The molecule has 1 fully saturated rings. The smallest absolute Gasteiger partial charge is 0.334 e. The minimum Gasteiger partial charge on any atom is -0.479 e. The molecule has 0 spiro atoms. The first-order valence-electron chi connectivity index (χ1n) is 7.58. The molecule has 1 aliphatic heterocycles. The number of rotatable bonds is 7. The Morgan fingerprint density at radius 1 is 1.38 bits per heavy atom. The van der Waals surface area contributed by atoms with Gasteiger partial charge in [-0.2, -0.15) is 0 Å². The summed E-state index contributed by atoms with van der Waals surface area (Å²) in [7, 11) is 0. The maximum atomic E-state index is 12.1. The fraction of sp³-hybridized carbons (Fsp3) is 0.467. The van der Waals surface area contributed by atoms with Crippen LogP contribution in [0.15, 0.2) is 24.3 Å². The van der Waals surface area contributed by atoms with Crippen molar-refractivity contribution >= 4 is 23.3 Å². The van der Waals surface area contributed by atoms with E-state index >= 15 is 0 Å². The molecule has 1 aromatic rings. The Hall–Kier alpha value is -2.68. The number of carbonyl (C=O) groups is 2. The van der Waals surface area contributed by atoms with E-state index in [0.29, 0.717) is 25.9 Å². The van der Waals surface area contributed by atoms with Crippen molar-refractivity contribution in [2.75, 3.05) is 31.6 Å². The molecule has 9 nitrogen and oxygen atoms in total. The molecular formula is C15H19N3O6. The number of nitrogens with one attached hydrogen (secondary N) is 1. The van der Waals surface area contributed by atoms with Crippen molar-refractivity contribution in [3.63, 3.8) is 0 Å². The summed E-state index contributed by atoms with van der Waals surface area (Å²) in [5.74, 6) is -1.16. The SMILES string of the molecule is O=C(O)C1CN(C(=O)CCCNc2ccc([N+](=O)[O-])cc2)CCO1. The summed E-state index contributed by atoms with van der Waals surface area (Å²) in [5, 5.41) is 22.6. The Morgan fingerprint density at radius 3 is 2.71 bits per heavy atom. The van der Waals surface area contributed by atoms with Gasteiger partial charge in [0.1, 0.15) is 0 Å². The number of nitro groups is 1. The van der Waals surface area contributed by atoms with Gasteiger partial charge in [0.2, 0.25) is 5.91 Å². The summed E-state index contributed by atoms with van der Waals surface area (Å²) in [6.07, 6.45) is -0.0852. The summed E-state index contributed by atoms with van der Waals surface area (Å²) in [6.45, 7) is 1.24. The molecule has 0 radical (unpaired) electrons. The predicted octanol–water partition coefficient (Wildman–Crippen LogP) is 1.10. The van der Waals surface area contributed by atoms with E-state index in [9.17, 15) is 19.7 Å². The summed E-state index contributed by atoms with van der Waals surface area (Å²) < 4.78 is 5.08. The van der Waals surface area contributed by atoms with Crippen LogP contribution in [0.5, 0.6) is 0 Å². The zero-order valence-electron chi connectivity index (χ0n) is 13.0. The fourth-order valence-electron chi connectivity index (χ4n) is 2.36. The molecule has 130 valence electrons. The van der Waals surface area contributed by atoms with Gasteiger partial charge in [-0.25, -0.2) is 4.79 Å². The molecule has 0 aromatic heterocycles. The number of anilines is 1. The van der Waals surface area contributed by atoms with Gasteiger partial charge in [-0.1, -0.05) is 0 Å². The molecule has 2 rings (SSSR count). The number of carboxylic acids is 1. The zero-order valence-corrected chi connectivity index (χ0v) is 13.0. The van der Waals surface area contributed by atoms with E-state index in [0.717, 1.165) is 5.69 Å². The van der Waals surface area contributed by atoms with Crippen LogP contribution in [-0.4, -0.2) is 59.2 Å². The maximum absolute atomic E-state index is 12.1. The number of nitro benzene ring substituents is 1. The van der Waals surface area contributed by atoms with Crippen LogP contribution in [0, 0.1) is 10.1 Å². The second-order valence-corrected chi connectivity index (χ2v) is 5.37. The van der Waals surface area contributed by atoms with Gasteiger partial charge in [0.25, 0.3) is 5.69 Å². The Morgan fingerprint density at radius 2 is 2.08 bits per heavy atom. The van der Waals surface area contributed by atoms with E-state index in [2.05, 4.69) is 5.32 Å².